The fraction of sp³-hybridized carbons (Fsp3) is 0.154. The molecule has 6 heteroatoms. The molecular weight excluding hydrogens is 262 g/mol. The molecule has 0 saturated heterocycles. The van der Waals surface area contributed by atoms with E-state index in [1.54, 1.807) is 12.4 Å². The molecule has 1 atom stereocenters. The zero-order valence-electron chi connectivity index (χ0n) is 10.4. The average molecular weight is 276 g/mol. The first-order valence-corrected chi connectivity index (χ1v) is 6.23. The van der Waals surface area contributed by atoms with Crippen LogP contribution in [0.2, 0.25) is 5.02 Å². The Hall–Kier alpha value is -2.14. The molecule has 1 aromatic carbocycles. The molecule has 3 rings (SSSR count). The summed E-state index contributed by atoms with van der Waals surface area (Å²) in [6.45, 7) is 2.00. The summed E-state index contributed by atoms with van der Waals surface area (Å²) >= 11 is 6.27. The fourth-order valence-electron chi connectivity index (χ4n) is 2.31. The van der Waals surface area contributed by atoms with Crippen molar-refractivity contribution in [3.63, 3.8) is 0 Å². The van der Waals surface area contributed by atoms with Gasteiger partial charge in [-0.1, -0.05) is 17.7 Å². The van der Waals surface area contributed by atoms with E-state index < -0.39 is 5.41 Å². The third kappa shape index (κ3) is 1.66. The number of nitrogens with two attached hydrogens (primary N) is 2. The number of rotatable bonds is 1. The fourth-order valence-corrected chi connectivity index (χ4v) is 2.58. The van der Waals surface area contributed by atoms with Crippen LogP contribution in [0.3, 0.4) is 0 Å². The summed E-state index contributed by atoms with van der Waals surface area (Å²) in [6, 6.07) is 3.90. The molecule has 0 radical (unpaired) electrons. The largest absolute Gasteiger partial charge is 0.398 e. The summed E-state index contributed by atoms with van der Waals surface area (Å²) in [5, 5.41) is 11.3. The minimum atomic E-state index is -0.482. The average Bonchev–Trinajstić information content (AvgIpc) is 2.84. The van der Waals surface area contributed by atoms with Crippen LogP contribution >= 0.6 is 11.6 Å². The van der Waals surface area contributed by atoms with E-state index in [-0.39, 0.29) is 0 Å². The highest BCUT2D eigenvalue weighted by molar-refractivity contribution is 6.35. The Bertz CT molecular complexity index is 715. The second-order valence-electron chi connectivity index (χ2n) is 4.80. The molecule has 2 aromatic rings. The molecule has 0 saturated carbocycles. The van der Waals surface area contributed by atoms with Crippen LogP contribution in [0.4, 0.5) is 0 Å². The number of aromatic amines is 1. The Morgan fingerprint density at radius 3 is 2.89 bits per heavy atom. The van der Waals surface area contributed by atoms with Crippen molar-refractivity contribution in [1.82, 2.24) is 15.5 Å². The van der Waals surface area contributed by atoms with Crippen molar-refractivity contribution in [1.29, 1.82) is 0 Å². The van der Waals surface area contributed by atoms with E-state index in [0.29, 0.717) is 16.5 Å². The lowest BCUT2D eigenvalue weighted by Crippen LogP contribution is -2.37. The molecule has 0 fully saturated rings. The van der Waals surface area contributed by atoms with Crippen molar-refractivity contribution >= 4 is 22.5 Å². The topological polar surface area (TPSA) is 92.8 Å². The number of fused-ring (bicyclic) bond motifs is 1. The molecule has 5 nitrogen and oxygen atoms in total. The second kappa shape index (κ2) is 3.93. The molecule has 1 unspecified atom stereocenters. The van der Waals surface area contributed by atoms with Crippen molar-refractivity contribution in [2.45, 2.75) is 12.3 Å². The van der Waals surface area contributed by atoms with Gasteiger partial charge in [0.05, 0.1) is 27.8 Å². The third-order valence-corrected chi connectivity index (χ3v) is 3.90. The third-order valence-electron chi connectivity index (χ3n) is 3.61. The smallest absolute Gasteiger partial charge is 0.121 e. The molecule has 1 aliphatic heterocycles. The molecule has 0 aliphatic carbocycles. The SMILES string of the molecule is CC1(c2cc(Cl)c3[nH]ncc3c2)C=CNC(N)=C1N. The summed E-state index contributed by atoms with van der Waals surface area (Å²) in [4.78, 5) is 0. The van der Waals surface area contributed by atoms with Gasteiger partial charge in [0.1, 0.15) is 5.82 Å². The van der Waals surface area contributed by atoms with E-state index in [1.165, 1.54) is 0 Å². The Balaban J connectivity index is 2.23. The number of aromatic nitrogens is 2. The lowest BCUT2D eigenvalue weighted by Gasteiger charge is -2.31. The van der Waals surface area contributed by atoms with Gasteiger partial charge in [0.15, 0.2) is 0 Å². The summed E-state index contributed by atoms with van der Waals surface area (Å²) in [6.07, 6.45) is 5.50. The molecule has 0 amide bonds. The van der Waals surface area contributed by atoms with Gasteiger partial charge in [0, 0.05) is 5.39 Å². The zero-order valence-corrected chi connectivity index (χ0v) is 11.1. The van der Waals surface area contributed by atoms with Gasteiger partial charge in [-0.15, -0.1) is 0 Å². The summed E-state index contributed by atoms with van der Waals surface area (Å²) in [5.41, 5.74) is 13.9. The van der Waals surface area contributed by atoms with Crippen molar-refractivity contribution in [2.75, 3.05) is 0 Å². The first-order valence-electron chi connectivity index (χ1n) is 5.85. The minimum Gasteiger partial charge on any atom is -0.398 e. The molecular formula is C13H14ClN5. The Kier molecular flexibility index (Phi) is 2.46. The lowest BCUT2D eigenvalue weighted by molar-refractivity contribution is 0.649. The predicted molar refractivity (Wildman–Crippen MR) is 76.1 cm³/mol. The minimum absolute atomic E-state index is 0.466. The zero-order chi connectivity index (χ0) is 13.6. The highest BCUT2D eigenvalue weighted by atomic mass is 35.5. The van der Waals surface area contributed by atoms with E-state index in [0.717, 1.165) is 16.5 Å². The van der Waals surface area contributed by atoms with Crippen LogP contribution in [0.5, 0.6) is 0 Å². The van der Waals surface area contributed by atoms with Gasteiger partial charge in [0.25, 0.3) is 0 Å². The van der Waals surface area contributed by atoms with Gasteiger partial charge in [-0.05, 0) is 30.8 Å². The maximum atomic E-state index is 6.27. The van der Waals surface area contributed by atoms with E-state index in [1.807, 2.05) is 25.1 Å². The van der Waals surface area contributed by atoms with Crippen LogP contribution in [0.1, 0.15) is 12.5 Å². The number of hydrogen-bond acceptors (Lipinski definition) is 4. The van der Waals surface area contributed by atoms with Gasteiger partial charge in [0.2, 0.25) is 0 Å². The molecule has 0 spiro atoms. The van der Waals surface area contributed by atoms with Gasteiger partial charge in [-0.2, -0.15) is 5.10 Å². The Morgan fingerprint density at radius 1 is 1.32 bits per heavy atom. The van der Waals surface area contributed by atoms with Crippen molar-refractivity contribution in [3.05, 3.63) is 52.7 Å². The summed E-state index contributed by atoms with van der Waals surface area (Å²) in [5.74, 6) is 0.466. The van der Waals surface area contributed by atoms with Crippen LogP contribution in [0, 0.1) is 0 Å². The van der Waals surface area contributed by atoms with Crippen molar-refractivity contribution < 1.29 is 0 Å². The number of allylic oxidation sites excluding steroid dienone is 1. The number of benzene rings is 1. The first-order chi connectivity index (χ1) is 9.02. The van der Waals surface area contributed by atoms with E-state index in [9.17, 15) is 0 Å². The second-order valence-corrected chi connectivity index (χ2v) is 5.21. The predicted octanol–water partition coefficient (Wildman–Crippen LogP) is 1.68. The van der Waals surface area contributed by atoms with Gasteiger partial charge in [-0.3, -0.25) is 5.10 Å². The molecule has 1 aromatic heterocycles. The number of hydrogen-bond donors (Lipinski definition) is 4. The quantitative estimate of drug-likeness (QED) is 0.637. The van der Waals surface area contributed by atoms with Crippen LogP contribution in [0.15, 0.2) is 42.1 Å². The maximum absolute atomic E-state index is 6.27. The van der Waals surface area contributed by atoms with E-state index in [4.69, 9.17) is 23.1 Å². The molecule has 19 heavy (non-hydrogen) atoms. The van der Waals surface area contributed by atoms with Crippen LogP contribution < -0.4 is 16.8 Å². The van der Waals surface area contributed by atoms with Crippen LogP contribution in [0.25, 0.3) is 10.9 Å². The molecule has 6 N–H and O–H groups in total. The standard InChI is InChI=1S/C13H14ClN5/c1-13(2-3-17-12(16)11(13)15)8-4-7-6-18-19-10(7)9(14)5-8/h2-6,17H,15-16H2,1H3,(H,18,19). The van der Waals surface area contributed by atoms with Crippen LogP contribution in [-0.2, 0) is 5.41 Å². The van der Waals surface area contributed by atoms with E-state index >= 15 is 0 Å². The molecule has 2 heterocycles. The normalized spacial score (nSPS) is 22.8. The lowest BCUT2D eigenvalue weighted by atomic mass is 9.78. The van der Waals surface area contributed by atoms with Crippen molar-refractivity contribution in [2.24, 2.45) is 11.5 Å². The maximum Gasteiger partial charge on any atom is 0.121 e. The number of nitrogens with one attached hydrogen (secondary N) is 2. The van der Waals surface area contributed by atoms with Gasteiger partial charge in [-0.25, -0.2) is 0 Å². The first kappa shape index (κ1) is 11.9. The van der Waals surface area contributed by atoms with Gasteiger partial charge < -0.3 is 16.8 Å². The van der Waals surface area contributed by atoms with Gasteiger partial charge >= 0.3 is 0 Å². The summed E-state index contributed by atoms with van der Waals surface area (Å²) < 4.78 is 0. The highest BCUT2D eigenvalue weighted by Crippen LogP contribution is 2.36. The molecule has 1 aliphatic rings. The number of halogens is 1. The Morgan fingerprint density at radius 2 is 2.11 bits per heavy atom. The Labute approximate surface area is 115 Å². The monoisotopic (exact) mass is 275 g/mol. The molecule has 0 bridgehead atoms. The highest BCUT2D eigenvalue weighted by Gasteiger charge is 2.31. The molecule has 98 valence electrons. The number of nitrogens with zero attached hydrogens (tertiary/aromatic N) is 1. The number of dihydropyridines is 1. The number of H-pyrrole nitrogens is 1. The van der Waals surface area contributed by atoms with Crippen molar-refractivity contribution in [3.8, 4) is 0 Å². The van der Waals surface area contributed by atoms with Crippen LogP contribution in [-0.4, -0.2) is 10.2 Å². The summed E-state index contributed by atoms with van der Waals surface area (Å²) in [7, 11) is 0. The van der Waals surface area contributed by atoms with E-state index in [2.05, 4.69) is 15.5 Å².